The first kappa shape index (κ1) is 16.0. The van der Waals surface area contributed by atoms with Gasteiger partial charge in [-0.05, 0) is 31.2 Å². The standard InChI is InChI=1S/C17H14N2O4/c1-2-22-17(21)13(10-18)9-14-7-8-15(23-14)11-3-5-12(6-4-11)16(19)20/h3-9H,2H2,1H3,(H2,19,20)/b13-9+. The van der Waals surface area contributed by atoms with Crippen molar-refractivity contribution in [1.29, 1.82) is 5.26 Å². The van der Waals surface area contributed by atoms with E-state index < -0.39 is 11.9 Å². The number of hydrogen-bond acceptors (Lipinski definition) is 5. The lowest BCUT2D eigenvalue weighted by Gasteiger charge is -1.99. The smallest absolute Gasteiger partial charge is 0.349 e. The predicted molar refractivity (Wildman–Crippen MR) is 82.9 cm³/mol. The maximum atomic E-state index is 11.6. The van der Waals surface area contributed by atoms with E-state index in [0.29, 0.717) is 17.1 Å². The molecule has 1 heterocycles. The maximum absolute atomic E-state index is 11.6. The molecule has 0 fully saturated rings. The molecule has 1 amide bonds. The molecule has 0 bridgehead atoms. The molecule has 0 saturated carbocycles. The highest BCUT2D eigenvalue weighted by Crippen LogP contribution is 2.24. The highest BCUT2D eigenvalue weighted by atomic mass is 16.5. The summed E-state index contributed by atoms with van der Waals surface area (Å²) in [5, 5.41) is 8.99. The summed E-state index contributed by atoms with van der Waals surface area (Å²) in [6, 6.07) is 11.7. The normalized spacial score (nSPS) is 10.9. The number of esters is 1. The zero-order valence-electron chi connectivity index (χ0n) is 12.4. The van der Waals surface area contributed by atoms with E-state index in [0.717, 1.165) is 5.56 Å². The largest absolute Gasteiger partial charge is 0.462 e. The number of nitriles is 1. The summed E-state index contributed by atoms with van der Waals surface area (Å²) >= 11 is 0. The molecule has 2 aromatic rings. The van der Waals surface area contributed by atoms with Gasteiger partial charge in [-0.15, -0.1) is 0 Å². The number of carbonyl (C=O) groups excluding carboxylic acids is 2. The van der Waals surface area contributed by atoms with Crippen molar-refractivity contribution in [2.45, 2.75) is 6.92 Å². The second-order valence-electron chi connectivity index (χ2n) is 4.53. The molecule has 2 rings (SSSR count). The molecule has 0 aliphatic heterocycles. The molecule has 0 aliphatic rings. The molecule has 0 radical (unpaired) electrons. The van der Waals surface area contributed by atoms with E-state index in [1.807, 2.05) is 0 Å². The molecule has 1 aromatic carbocycles. The Morgan fingerprint density at radius 3 is 2.52 bits per heavy atom. The van der Waals surface area contributed by atoms with E-state index in [2.05, 4.69) is 0 Å². The highest BCUT2D eigenvalue weighted by Gasteiger charge is 2.12. The molecule has 23 heavy (non-hydrogen) atoms. The Morgan fingerprint density at radius 2 is 1.96 bits per heavy atom. The van der Waals surface area contributed by atoms with Crippen LogP contribution in [-0.2, 0) is 9.53 Å². The number of ether oxygens (including phenoxy) is 1. The number of amides is 1. The van der Waals surface area contributed by atoms with Crippen LogP contribution in [0.4, 0.5) is 0 Å². The summed E-state index contributed by atoms with van der Waals surface area (Å²) in [5.41, 5.74) is 6.18. The van der Waals surface area contributed by atoms with Crippen molar-refractivity contribution in [3.8, 4) is 17.4 Å². The molecule has 0 spiro atoms. The topological polar surface area (TPSA) is 106 Å². The Morgan fingerprint density at radius 1 is 1.26 bits per heavy atom. The molecule has 0 atom stereocenters. The van der Waals surface area contributed by atoms with Crippen LogP contribution >= 0.6 is 0 Å². The van der Waals surface area contributed by atoms with Crippen LogP contribution in [0.3, 0.4) is 0 Å². The fourth-order valence-electron chi connectivity index (χ4n) is 1.87. The SMILES string of the molecule is CCOC(=O)/C(C#N)=C/c1ccc(-c2ccc(C(N)=O)cc2)o1. The van der Waals surface area contributed by atoms with Crippen molar-refractivity contribution in [2.75, 3.05) is 6.61 Å². The van der Waals surface area contributed by atoms with Gasteiger partial charge in [-0.25, -0.2) is 4.79 Å². The molecule has 0 unspecified atom stereocenters. The van der Waals surface area contributed by atoms with Crippen molar-refractivity contribution in [1.82, 2.24) is 0 Å². The van der Waals surface area contributed by atoms with E-state index in [1.54, 1.807) is 49.4 Å². The zero-order chi connectivity index (χ0) is 16.8. The van der Waals surface area contributed by atoms with Crippen LogP contribution in [0.1, 0.15) is 23.0 Å². The molecular formula is C17H14N2O4. The number of rotatable bonds is 5. The van der Waals surface area contributed by atoms with Gasteiger partial charge in [0.15, 0.2) is 0 Å². The lowest BCUT2D eigenvalue weighted by Crippen LogP contribution is -2.10. The molecule has 6 heteroatoms. The number of carbonyl (C=O) groups is 2. The average molecular weight is 310 g/mol. The van der Waals surface area contributed by atoms with Crippen molar-refractivity contribution in [3.63, 3.8) is 0 Å². The molecule has 0 aliphatic carbocycles. The summed E-state index contributed by atoms with van der Waals surface area (Å²) in [7, 11) is 0. The van der Waals surface area contributed by atoms with Gasteiger partial charge in [0.25, 0.3) is 0 Å². The van der Waals surface area contributed by atoms with E-state index in [4.69, 9.17) is 20.1 Å². The fraction of sp³-hybridized carbons (Fsp3) is 0.118. The highest BCUT2D eigenvalue weighted by molar-refractivity contribution is 5.97. The molecule has 2 N–H and O–H groups in total. The Kier molecular flexibility index (Phi) is 4.95. The minimum atomic E-state index is -0.696. The first-order valence-electron chi connectivity index (χ1n) is 6.84. The first-order chi connectivity index (χ1) is 11.0. The van der Waals surface area contributed by atoms with Gasteiger partial charge in [0.05, 0.1) is 6.61 Å². The molecular weight excluding hydrogens is 296 g/mol. The quantitative estimate of drug-likeness (QED) is 0.519. The summed E-state index contributed by atoms with van der Waals surface area (Å²) in [4.78, 5) is 22.6. The number of hydrogen-bond donors (Lipinski definition) is 1. The second-order valence-corrected chi connectivity index (χ2v) is 4.53. The van der Waals surface area contributed by atoms with E-state index in [9.17, 15) is 9.59 Å². The third-order valence-corrected chi connectivity index (χ3v) is 2.98. The third-order valence-electron chi connectivity index (χ3n) is 2.98. The number of nitrogens with zero attached hydrogens (tertiary/aromatic N) is 1. The van der Waals surface area contributed by atoms with Crippen LogP contribution in [0.15, 0.2) is 46.4 Å². The Labute approximate surface area is 132 Å². The van der Waals surface area contributed by atoms with Gasteiger partial charge in [0, 0.05) is 17.2 Å². The maximum Gasteiger partial charge on any atom is 0.349 e. The van der Waals surface area contributed by atoms with Crippen LogP contribution in [0.2, 0.25) is 0 Å². The van der Waals surface area contributed by atoms with Gasteiger partial charge in [-0.3, -0.25) is 4.79 Å². The second kappa shape index (κ2) is 7.09. The van der Waals surface area contributed by atoms with Gasteiger partial charge >= 0.3 is 5.97 Å². The number of primary amides is 1. The molecule has 6 nitrogen and oxygen atoms in total. The summed E-state index contributed by atoms with van der Waals surface area (Å²) in [6.45, 7) is 1.85. The number of benzene rings is 1. The van der Waals surface area contributed by atoms with Gasteiger partial charge in [0.1, 0.15) is 23.2 Å². The van der Waals surface area contributed by atoms with Crippen LogP contribution in [0.25, 0.3) is 17.4 Å². The number of nitrogens with two attached hydrogens (primary N) is 1. The van der Waals surface area contributed by atoms with Crippen molar-refractivity contribution < 1.29 is 18.7 Å². The third kappa shape index (κ3) is 3.86. The molecule has 116 valence electrons. The lowest BCUT2D eigenvalue weighted by atomic mass is 10.1. The predicted octanol–water partition coefficient (Wildman–Crippen LogP) is 2.52. The Bertz CT molecular complexity index is 795. The zero-order valence-corrected chi connectivity index (χ0v) is 12.4. The van der Waals surface area contributed by atoms with Crippen LogP contribution in [-0.4, -0.2) is 18.5 Å². The average Bonchev–Trinajstić information content (AvgIpc) is 3.01. The van der Waals surface area contributed by atoms with Crippen LogP contribution < -0.4 is 5.73 Å². The Balaban J connectivity index is 2.25. The Hall–Kier alpha value is -3.33. The fourth-order valence-corrected chi connectivity index (χ4v) is 1.87. The van der Waals surface area contributed by atoms with Crippen molar-refractivity contribution in [2.24, 2.45) is 5.73 Å². The van der Waals surface area contributed by atoms with Crippen molar-refractivity contribution in [3.05, 3.63) is 53.3 Å². The van der Waals surface area contributed by atoms with Crippen LogP contribution in [0.5, 0.6) is 0 Å². The summed E-state index contributed by atoms with van der Waals surface area (Å²) in [6.07, 6.45) is 1.32. The molecule has 1 aromatic heterocycles. The first-order valence-corrected chi connectivity index (χ1v) is 6.84. The van der Waals surface area contributed by atoms with Gasteiger partial charge in [-0.1, -0.05) is 12.1 Å². The monoisotopic (exact) mass is 310 g/mol. The van der Waals surface area contributed by atoms with Gasteiger partial charge < -0.3 is 14.9 Å². The van der Waals surface area contributed by atoms with Crippen molar-refractivity contribution >= 4 is 18.0 Å². The van der Waals surface area contributed by atoms with E-state index >= 15 is 0 Å². The van der Waals surface area contributed by atoms with E-state index in [-0.39, 0.29) is 12.2 Å². The number of furan rings is 1. The minimum absolute atomic E-state index is 0.142. The van der Waals surface area contributed by atoms with Gasteiger partial charge in [0.2, 0.25) is 5.91 Å². The summed E-state index contributed by atoms with van der Waals surface area (Å²) < 4.78 is 10.4. The molecule has 0 saturated heterocycles. The van der Waals surface area contributed by atoms with Gasteiger partial charge in [-0.2, -0.15) is 5.26 Å². The van der Waals surface area contributed by atoms with Crippen LogP contribution in [0, 0.1) is 11.3 Å². The van der Waals surface area contributed by atoms with E-state index in [1.165, 1.54) is 6.08 Å². The summed E-state index contributed by atoms with van der Waals surface area (Å²) in [5.74, 6) is -0.316. The minimum Gasteiger partial charge on any atom is -0.462 e. The lowest BCUT2D eigenvalue weighted by molar-refractivity contribution is -0.137.